The van der Waals surface area contributed by atoms with Crippen LogP contribution in [0, 0.1) is 5.82 Å². The van der Waals surface area contributed by atoms with Crippen molar-refractivity contribution in [2.24, 2.45) is 10.9 Å². The van der Waals surface area contributed by atoms with Crippen molar-refractivity contribution >= 4 is 5.84 Å². The summed E-state index contributed by atoms with van der Waals surface area (Å²) in [6.45, 7) is 3.00. The van der Waals surface area contributed by atoms with Crippen molar-refractivity contribution < 1.29 is 14.3 Å². The Morgan fingerprint density at radius 2 is 2.05 bits per heavy atom. The van der Waals surface area contributed by atoms with E-state index in [1.165, 1.54) is 25.3 Å². The highest BCUT2D eigenvalue weighted by Gasteiger charge is 2.11. The Kier molecular flexibility index (Phi) is 7.65. The second kappa shape index (κ2) is 9.31. The van der Waals surface area contributed by atoms with Crippen molar-refractivity contribution in [3.8, 4) is 0 Å². The molecule has 0 amide bonds. The first kappa shape index (κ1) is 16.4. The first-order chi connectivity index (χ1) is 9.70. The molecule has 4 nitrogen and oxygen atoms in total. The highest BCUT2D eigenvalue weighted by molar-refractivity contribution is 5.97. The normalized spacial score (nSPS) is 11.8. The lowest BCUT2D eigenvalue weighted by Crippen LogP contribution is -2.16. The maximum absolute atomic E-state index is 14.0. The molecule has 0 saturated heterocycles. The van der Waals surface area contributed by atoms with E-state index < -0.39 is 5.82 Å². The average molecular weight is 282 g/mol. The van der Waals surface area contributed by atoms with Gasteiger partial charge in [-0.3, -0.25) is 0 Å². The number of ether oxygens (including phenoxy) is 1. The first-order valence-corrected chi connectivity index (χ1v) is 7.03. The summed E-state index contributed by atoms with van der Waals surface area (Å²) in [4.78, 5) is 0. The molecular weight excluding hydrogens is 259 g/mol. The zero-order valence-corrected chi connectivity index (χ0v) is 11.9. The maximum Gasteiger partial charge on any atom is 0.173 e. The van der Waals surface area contributed by atoms with E-state index in [0.717, 1.165) is 12.8 Å². The van der Waals surface area contributed by atoms with E-state index in [-0.39, 0.29) is 18.0 Å². The van der Waals surface area contributed by atoms with Gasteiger partial charge in [0.05, 0.1) is 12.2 Å². The molecule has 0 heterocycles. The van der Waals surface area contributed by atoms with Gasteiger partial charge >= 0.3 is 0 Å². The van der Waals surface area contributed by atoms with Gasteiger partial charge in [-0.05, 0) is 12.5 Å². The van der Waals surface area contributed by atoms with E-state index in [2.05, 4.69) is 12.1 Å². The molecular formula is C15H23FN2O2. The Labute approximate surface area is 119 Å². The van der Waals surface area contributed by atoms with Gasteiger partial charge in [-0.25, -0.2) is 4.39 Å². The standard InChI is InChI=1S/C15H23FN2O2/c1-2-3-4-5-6-10-20-11-12-8-7-9-13(14(12)16)15(17)18-19/h7-9,19H,2-6,10-11H2,1H3,(H2,17,18). The molecule has 5 heteroatoms. The van der Waals surface area contributed by atoms with Gasteiger partial charge in [-0.15, -0.1) is 0 Å². The van der Waals surface area contributed by atoms with Gasteiger partial charge in [0.2, 0.25) is 0 Å². The van der Waals surface area contributed by atoms with Crippen LogP contribution in [0.1, 0.15) is 50.2 Å². The number of hydrogen-bond donors (Lipinski definition) is 2. The first-order valence-electron chi connectivity index (χ1n) is 7.03. The molecule has 0 radical (unpaired) electrons. The van der Waals surface area contributed by atoms with E-state index in [4.69, 9.17) is 15.7 Å². The SMILES string of the molecule is CCCCCCCOCc1cccc(/C(N)=N/O)c1F. The summed E-state index contributed by atoms with van der Waals surface area (Å²) in [6, 6.07) is 4.77. The van der Waals surface area contributed by atoms with Crippen LogP contribution in [0.2, 0.25) is 0 Å². The Morgan fingerprint density at radius 1 is 1.30 bits per heavy atom. The lowest BCUT2D eigenvalue weighted by Gasteiger charge is -2.08. The molecule has 0 aromatic heterocycles. The minimum absolute atomic E-state index is 0.0940. The number of unbranched alkanes of at least 4 members (excludes halogenated alkanes) is 4. The van der Waals surface area contributed by atoms with Crippen LogP contribution >= 0.6 is 0 Å². The molecule has 0 aliphatic heterocycles. The fraction of sp³-hybridized carbons (Fsp3) is 0.533. The predicted molar refractivity (Wildman–Crippen MR) is 77.3 cm³/mol. The Bertz CT molecular complexity index is 436. The lowest BCUT2D eigenvalue weighted by atomic mass is 10.1. The maximum atomic E-state index is 14.0. The lowest BCUT2D eigenvalue weighted by molar-refractivity contribution is 0.114. The molecule has 20 heavy (non-hydrogen) atoms. The molecule has 0 saturated carbocycles. The fourth-order valence-electron chi connectivity index (χ4n) is 1.93. The largest absolute Gasteiger partial charge is 0.409 e. The number of nitrogens with two attached hydrogens (primary N) is 1. The van der Waals surface area contributed by atoms with Crippen molar-refractivity contribution in [2.75, 3.05) is 6.61 Å². The summed E-state index contributed by atoms with van der Waals surface area (Å²) in [7, 11) is 0. The summed E-state index contributed by atoms with van der Waals surface area (Å²) in [5.74, 6) is -0.724. The Hall–Kier alpha value is -1.62. The zero-order chi connectivity index (χ0) is 14.8. The van der Waals surface area contributed by atoms with Gasteiger partial charge in [0.25, 0.3) is 0 Å². The smallest absolute Gasteiger partial charge is 0.173 e. The zero-order valence-electron chi connectivity index (χ0n) is 11.9. The summed E-state index contributed by atoms with van der Waals surface area (Å²) < 4.78 is 19.5. The topological polar surface area (TPSA) is 67.8 Å². The summed E-state index contributed by atoms with van der Waals surface area (Å²) in [6.07, 6.45) is 5.80. The van der Waals surface area contributed by atoms with Crippen molar-refractivity contribution in [1.29, 1.82) is 0 Å². The molecule has 112 valence electrons. The van der Waals surface area contributed by atoms with E-state index in [9.17, 15) is 4.39 Å². The van der Waals surface area contributed by atoms with Gasteiger partial charge in [0.1, 0.15) is 5.82 Å². The number of amidine groups is 1. The second-order valence-electron chi connectivity index (χ2n) is 4.73. The fourth-order valence-corrected chi connectivity index (χ4v) is 1.93. The number of benzene rings is 1. The number of halogens is 1. The molecule has 0 fully saturated rings. The molecule has 0 spiro atoms. The van der Waals surface area contributed by atoms with Crippen molar-refractivity contribution in [2.45, 2.75) is 45.6 Å². The van der Waals surface area contributed by atoms with Crippen molar-refractivity contribution in [3.63, 3.8) is 0 Å². The molecule has 1 aromatic rings. The predicted octanol–water partition coefficient (Wildman–Crippen LogP) is 3.41. The van der Waals surface area contributed by atoms with Crippen LogP contribution in [0.15, 0.2) is 23.4 Å². The highest BCUT2D eigenvalue weighted by Crippen LogP contribution is 2.14. The van der Waals surface area contributed by atoms with Crippen LogP contribution in [0.3, 0.4) is 0 Å². The van der Waals surface area contributed by atoms with Gasteiger partial charge < -0.3 is 15.7 Å². The van der Waals surface area contributed by atoms with Crippen LogP contribution in [0.4, 0.5) is 4.39 Å². The minimum atomic E-state index is -0.492. The quantitative estimate of drug-likeness (QED) is 0.240. The van der Waals surface area contributed by atoms with Crippen LogP contribution in [0.5, 0.6) is 0 Å². The molecule has 0 aliphatic carbocycles. The average Bonchev–Trinajstić information content (AvgIpc) is 2.47. The molecule has 1 aromatic carbocycles. The highest BCUT2D eigenvalue weighted by atomic mass is 19.1. The van der Waals surface area contributed by atoms with Gasteiger partial charge in [0, 0.05) is 12.2 Å². The van der Waals surface area contributed by atoms with E-state index in [1.807, 2.05) is 0 Å². The molecule has 0 atom stereocenters. The van der Waals surface area contributed by atoms with E-state index in [0.29, 0.717) is 12.2 Å². The minimum Gasteiger partial charge on any atom is -0.409 e. The van der Waals surface area contributed by atoms with Crippen LogP contribution < -0.4 is 5.73 Å². The van der Waals surface area contributed by atoms with E-state index in [1.54, 1.807) is 12.1 Å². The van der Waals surface area contributed by atoms with Crippen LogP contribution in [0.25, 0.3) is 0 Å². The van der Waals surface area contributed by atoms with Gasteiger partial charge in [-0.1, -0.05) is 49.9 Å². The molecule has 0 bridgehead atoms. The number of rotatable bonds is 9. The second-order valence-corrected chi connectivity index (χ2v) is 4.73. The molecule has 1 rings (SSSR count). The van der Waals surface area contributed by atoms with Crippen molar-refractivity contribution in [3.05, 3.63) is 35.1 Å². The van der Waals surface area contributed by atoms with Crippen LogP contribution in [-0.2, 0) is 11.3 Å². The molecule has 3 N–H and O–H groups in total. The third kappa shape index (κ3) is 5.17. The monoisotopic (exact) mass is 282 g/mol. The van der Waals surface area contributed by atoms with E-state index >= 15 is 0 Å². The number of hydrogen-bond acceptors (Lipinski definition) is 3. The third-order valence-corrected chi connectivity index (χ3v) is 3.11. The summed E-state index contributed by atoms with van der Waals surface area (Å²) >= 11 is 0. The van der Waals surface area contributed by atoms with Crippen LogP contribution in [-0.4, -0.2) is 17.6 Å². The van der Waals surface area contributed by atoms with Gasteiger partial charge in [-0.2, -0.15) is 0 Å². The third-order valence-electron chi connectivity index (χ3n) is 3.11. The number of nitrogens with zero attached hydrogens (tertiary/aromatic N) is 1. The molecule has 0 unspecified atom stereocenters. The number of oxime groups is 1. The van der Waals surface area contributed by atoms with Crippen molar-refractivity contribution in [1.82, 2.24) is 0 Å². The Morgan fingerprint density at radius 3 is 2.75 bits per heavy atom. The Balaban J connectivity index is 2.41. The van der Waals surface area contributed by atoms with Gasteiger partial charge in [0.15, 0.2) is 5.84 Å². The molecule has 0 aliphatic rings. The summed E-state index contributed by atoms with van der Waals surface area (Å²) in [5.41, 5.74) is 5.92. The summed E-state index contributed by atoms with van der Waals surface area (Å²) in [5, 5.41) is 11.4.